The molecule has 0 aromatic carbocycles. The van der Waals surface area contributed by atoms with Crippen LogP contribution in [-0.4, -0.2) is 54.9 Å². The molecule has 0 bridgehead atoms. The predicted molar refractivity (Wildman–Crippen MR) is 86.2 cm³/mol. The molecule has 1 fully saturated rings. The maximum Gasteiger partial charge on any atom is 0.271 e. The van der Waals surface area contributed by atoms with Crippen molar-refractivity contribution in [3.63, 3.8) is 0 Å². The van der Waals surface area contributed by atoms with E-state index in [0.29, 0.717) is 18.1 Å². The second-order valence-corrected chi connectivity index (χ2v) is 5.96. The summed E-state index contributed by atoms with van der Waals surface area (Å²) in [7, 11) is 3.41. The van der Waals surface area contributed by atoms with Crippen LogP contribution in [0.15, 0.2) is 0 Å². The fraction of sp³-hybridized carbons (Fsp3) is 1.00. The minimum atomic E-state index is 0.684. The molecule has 1 heterocycles. The van der Waals surface area contributed by atoms with E-state index in [-0.39, 0.29) is 0 Å². The Morgan fingerprint density at radius 2 is 0.833 bits per heavy atom. The summed E-state index contributed by atoms with van der Waals surface area (Å²) in [5.74, 6) is 0. The zero-order chi connectivity index (χ0) is 13.7. The Labute approximate surface area is 116 Å². The summed E-state index contributed by atoms with van der Waals surface area (Å²) in [6.07, 6.45) is 3.72. The van der Waals surface area contributed by atoms with Gasteiger partial charge in [-0.15, -0.1) is 0 Å². The van der Waals surface area contributed by atoms with Crippen LogP contribution < -0.4 is 0 Å². The van der Waals surface area contributed by atoms with Crippen LogP contribution in [0.1, 0.15) is 60.8 Å². The van der Waals surface area contributed by atoms with Gasteiger partial charge in [-0.2, -0.15) is 0 Å². The molecule has 1 rings (SSSR count). The van der Waals surface area contributed by atoms with Gasteiger partial charge in [0.2, 0.25) is 0 Å². The highest BCUT2D eigenvalue weighted by molar-refractivity contribution is 6.65. The summed E-state index contributed by atoms with van der Waals surface area (Å²) < 4.78 is 7.88. The van der Waals surface area contributed by atoms with Crippen molar-refractivity contribution in [3.05, 3.63) is 0 Å². The molecule has 18 heavy (non-hydrogen) atoms. The highest BCUT2D eigenvalue weighted by Gasteiger charge is 2.33. The Bertz CT molecular complexity index is 199. The SMILES string of the molecule is CCC(C)N1BN(C(C)CC)BN(C(C)CC)B1. The predicted octanol–water partition coefficient (Wildman–Crippen LogP) is 1.10. The molecule has 3 nitrogen and oxygen atoms in total. The molecule has 0 aromatic rings. The average Bonchev–Trinajstić information content (AvgIpc) is 2.43. The van der Waals surface area contributed by atoms with Gasteiger partial charge in [-0.25, -0.2) is 0 Å². The van der Waals surface area contributed by atoms with E-state index in [9.17, 15) is 0 Å². The Morgan fingerprint density at radius 1 is 0.611 bits per heavy atom. The van der Waals surface area contributed by atoms with Crippen LogP contribution in [0.4, 0.5) is 0 Å². The van der Waals surface area contributed by atoms with Crippen molar-refractivity contribution in [1.29, 1.82) is 0 Å². The van der Waals surface area contributed by atoms with Gasteiger partial charge in [0.15, 0.2) is 0 Å². The molecule has 0 aromatic heterocycles. The maximum absolute atomic E-state index is 2.63. The molecule has 1 aliphatic heterocycles. The number of hydrogen-bond acceptors (Lipinski definition) is 3. The zero-order valence-corrected chi connectivity index (χ0v) is 13.3. The van der Waals surface area contributed by atoms with Crippen molar-refractivity contribution in [2.45, 2.75) is 78.9 Å². The third kappa shape index (κ3) is 4.04. The Morgan fingerprint density at radius 3 is 1.00 bits per heavy atom. The van der Waals surface area contributed by atoms with Crippen LogP contribution >= 0.6 is 0 Å². The monoisotopic (exact) mass is 249 g/mol. The van der Waals surface area contributed by atoms with E-state index < -0.39 is 0 Å². The smallest absolute Gasteiger partial charge is 0.271 e. The van der Waals surface area contributed by atoms with Gasteiger partial charge < -0.3 is 14.2 Å². The lowest BCUT2D eigenvalue weighted by atomic mass is 9.69. The number of hydrogen-bond donors (Lipinski definition) is 0. The van der Waals surface area contributed by atoms with Crippen molar-refractivity contribution >= 4 is 22.6 Å². The van der Waals surface area contributed by atoms with Crippen molar-refractivity contribution in [2.75, 3.05) is 0 Å². The van der Waals surface area contributed by atoms with Gasteiger partial charge in [-0.3, -0.25) is 0 Å². The first-order valence-electron chi connectivity index (χ1n) is 7.75. The fourth-order valence-corrected chi connectivity index (χ4v) is 2.45. The van der Waals surface area contributed by atoms with E-state index in [4.69, 9.17) is 0 Å². The highest BCUT2D eigenvalue weighted by atomic mass is 15.3. The molecular weight excluding hydrogens is 219 g/mol. The van der Waals surface area contributed by atoms with E-state index >= 15 is 0 Å². The van der Waals surface area contributed by atoms with Gasteiger partial charge in [-0.05, 0) is 37.4 Å². The second-order valence-electron chi connectivity index (χ2n) is 5.96. The molecule has 0 aliphatic carbocycles. The molecule has 0 N–H and O–H groups in total. The molecule has 1 saturated heterocycles. The van der Waals surface area contributed by atoms with Crippen molar-refractivity contribution in [1.82, 2.24) is 14.2 Å². The van der Waals surface area contributed by atoms with E-state index in [1.165, 1.54) is 19.3 Å². The minimum absolute atomic E-state index is 0.684. The third-order valence-corrected chi connectivity index (χ3v) is 4.73. The van der Waals surface area contributed by atoms with Gasteiger partial charge in [0, 0.05) is 0 Å². The summed E-state index contributed by atoms with van der Waals surface area (Å²) in [6, 6.07) is 2.05. The highest BCUT2D eigenvalue weighted by Crippen LogP contribution is 2.15. The second kappa shape index (κ2) is 7.61. The van der Waals surface area contributed by atoms with Gasteiger partial charge in [0.1, 0.15) is 0 Å². The molecule has 1 aliphatic rings. The molecule has 3 atom stereocenters. The fourth-order valence-electron chi connectivity index (χ4n) is 2.45. The van der Waals surface area contributed by atoms with Crippen LogP contribution in [0.2, 0.25) is 0 Å². The molecule has 0 spiro atoms. The molecule has 0 radical (unpaired) electrons. The quantitative estimate of drug-likeness (QED) is 0.652. The first kappa shape index (κ1) is 16.1. The molecule has 102 valence electrons. The summed E-state index contributed by atoms with van der Waals surface area (Å²) in [4.78, 5) is 0. The van der Waals surface area contributed by atoms with Crippen molar-refractivity contribution < 1.29 is 0 Å². The maximum atomic E-state index is 2.63. The van der Waals surface area contributed by atoms with Crippen LogP contribution in [0.5, 0.6) is 0 Å². The largest absolute Gasteiger partial charge is 0.361 e. The lowest BCUT2D eigenvalue weighted by Crippen LogP contribution is -2.66. The molecule has 3 unspecified atom stereocenters. The van der Waals surface area contributed by atoms with Crippen LogP contribution in [0.3, 0.4) is 0 Å². The third-order valence-electron chi connectivity index (χ3n) is 4.73. The van der Waals surface area contributed by atoms with Gasteiger partial charge in [-0.1, -0.05) is 41.5 Å². The van der Waals surface area contributed by atoms with Gasteiger partial charge >= 0.3 is 0 Å². The van der Waals surface area contributed by atoms with Gasteiger partial charge in [0.25, 0.3) is 22.6 Å². The van der Waals surface area contributed by atoms with Crippen LogP contribution in [-0.2, 0) is 0 Å². The van der Waals surface area contributed by atoms with Crippen molar-refractivity contribution in [3.8, 4) is 0 Å². The molecule has 0 amide bonds. The summed E-state index contributed by atoms with van der Waals surface area (Å²) in [5, 5.41) is 0. The summed E-state index contributed by atoms with van der Waals surface area (Å²) in [5.41, 5.74) is 0. The average molecular weight is 249 g/mol. The lowest BCUT2D eigenvalue weighted by Gasteiger charge is -2.47. The summed E-state index contributed by atoms with van der Waals surface area (Å²) >= 11 is 0. The normalized spacial score (nSPS) is 23.7. The first-order valence-corrected chi connectivity index (χ1v) is 7.75. The topological polar surface area (TPSA) is 9.72 Å². The van der Waals surface area contributed by atoms with Crippen molar-refractivity contribution in [2.24, 2.45) is 0 Å². The van der Waals surface area contributed by atoms with E-state index in [0.717, 1.165) is 22.6 Å². The van der Waals surface area contributed by atoms with Crippen LogP contribution in [0, 0.1) is 0 Å². The number of nitrogens with zero attached hydrogens (tertiary/aromatic N) is 3. The Kier molecular flexibility index (Phi) is 6.82. The Hall–Kier alpha value is 0.0748. The Balaban J connectivity index is 2.71. The van der Waals surface area contributed by atoms with Gasteiger partial charge in [0.05, 0.1) is 0 Å². The number of rotatable bonds is 6. The standard InChI is InChI=1S/C12H30B3N3/c1-7-10(4)16-13-17(11(5)8-2)15-18(14-16)12(6)9-3/h10-15H,7-9H2,1-6H3. The summed E-state index contributed by atoms with van der Waals surface area (Å²) in [6.45, 7) is 13.9. The van der Waals surface area contributed by atoms with Crippen LogP contribution in [0.25, 0.3) is 0 Å². The van der Waals surface area contributed by atoms with E-state index in [1.807, 2.05) is 0 Å². The molecule has 6 heteroatoms. The minimum Gasteiger partial charge on any atom is -0.361 e. The zero-order valence-electron chi connectivity index (χ0n) is 13.3. The molecular formula is C12H30B3N3. The lowest BCUT2D eigenvalue weighted by molar-refractivity contribution is 0.348. The van der Waals surface area contributed by atoms with E-state index in [1.54, 1.807) is 0 Å². The van der Waals surface area contributed by atoms with E-state index in [2.05, 4.69) is 55.7 Å². The first-order chi connectivity index (χ1) is 8.53. The molecule has 0 saturated carbocycles.